The molecular formula is C14H15ClN2O3. The van der Waals surface area contributed by atoms with Crippen molar-refractivity contribution in [1.29, 1.82) is 0 Å². The minimum Gasteiger partial charge on any atom is -0.376 e. The van der Waals surface area contributed by atoms with Crippen molar-refractivity contribution in [3.05, 3.63) is 40.4 Å². The van der Waals surface area contributed by atoms with Gasteiger partial charge in [0.2, 0.25) is 0 Å². The van der Waals surface area contributed by atoms with Gasteiger partial charge in [0, 0.05) is 0 Å². The predicted molar refractivity (Wildman–Crippen MR) is 76.1 cm³/mol. The maximum Gasteiger partial charge on any atom is 0.261 e. The van der Waals surface area contributed by atoms with E-state index >= 15 is 0 Å². The van der Waals surface area contributed by atoms with E-state index in [0.29, 0.717) is 43.1 Å². The minimum absolute atomic E-state index is 0.0829. The van der Waals surface area contributed by atoms with Crippen molar-refractivity contribution in [2.24, 2.45) is 0 Å². The second kappa shape index (κ2) is 5.91. The first kappa shape index (κ1) is 13.5. The summed E-state index contributed by atoms with van der Waals surface area (Å²) in [6.45, 7) is 2.06. The molecule has 0 N–H and O–H groups in total. The van der Waals surface area contributed by atoms with E-state index in [1.165, 1.54) is 0 Å². The smallest absolute Gasteiger partial charge is 0.261 e. The Balaban J connectivity index is 2.03. The zero-order chi connectivity index (χ0) is 13.9. The average molecular weight is 295 g/mol. The highest BCUT2D eigenvalue weighted by Gasteiger charge is 2.18. The van der Waals surface area contributed by atoms with E-state index in [4.69, 9.17) is 21.1 Å². The molecule has 2 heterocycles. The average Bonchev–Trinajstić information content (AvgIpc) is 2.51. The van der Waals surface area contributed by atoms with Crippen molar-refractivity contribution in [2.45, 2.75) is 18.5 Å². The fourth-order valence-electron chi connectivity index (χ4n) is 2.35. The molecule has 1 atom stereocenters. The summed E-state index contributed by atoms with van der Waals surface area (Å²) in [6, 6.07) is 7.28. The number of hydrogen-bond acceptors (Lipinski definition) is 4. The van der Waals surface area contributed by atoms with Gasteiger partial charge < -0.3 is 9.47 Å². The topological polar surface area (TPSA) is 53.4 Å². The van der Waals surface area contributed by atoms with Crippen molar-refractivity contribution < 1.29 is 9.47 Å². The molecule has 1 unspecified atom stereocenters. The lowest BCUT2D eigenvalue weighted by atomic mass is 10.2. The third-order valence-corrected chi connectivity index (χ3v) is 3.57. The molecule has 1 fully saturated rings. The van der Waals surface area contributed by atoms with Crippen LogP contribution in [0.2, 0.25) is 0 Å². The molecule has 6 heteroatoms. The highest BCUT2D eigenvalue weighted by Crippen LogP contribution is 2.11. The molecule has 1 aliphatic rings. The summed E-state index contributed by atoms with van der Waals surface area (Å²) in [7, 11) is 0. The summed E-state index contributed by atoms with van der Waals surface area (Å²) in [5.41, 5.74) is 0.589. The highest BCUT2D eigenvalue weighted by atomic mass is 35.5. The van der Waals surface area contributed by atoms with Crippen LogP contribution in [-0.4, -0.2) is 35.5 Å². The van der Waals surface area contributed by atoms with E-state index in [0.717, 1.165) is 0 Å². The third kappa shape index (κ3) is 2.57. The van der Waals surface area contributed by atoms with Gasteiger partial charge in [0.15, 0.2) is 0 Å². The summed E-state index contributed by atoms with van der Waals surface area (Å²) in [5, 5.41) is 0.595. The molecule has 0 radical (unpaired) electrons. The van der Waals surface area contributed by atoms with Crippen LogP contribution in [0.4, 0.5) is 0 Å². The third-order valence-electron chi connectivity index (χ3n) is 3.33. The molecule has 3 rings (SSSR count). The lowest BCUT2D eigenvalue weighted by Gasteiger charge is -2.24. The van der Waals surface area contributed by atoms with Crippen molar-refractivity contribution >= 4 is 22.5 Å². The first-order valence-corrected chi connectivity index (χ1v) is 7.07. The maximum absolute atomic E-state index is 12.5. The van der Waals surface area contributed by atoms with E-state index in [2.05, 4.69) is 4.98 Å². The van der Waals surface area contributed by atoms with E-state index in [-0.39, 0.29) is 17.5 Å². The van der Waals surface area contributed by atoms with Gasteiger partial charge in [-0.1, -0.05) is 12.1 Å². The van der Waals surface area contributed by atoms with E-state index in [1.807, 2.05) is 18.2 Å². The Labute approximate surface area is 121 Å². The second-order valence-corrected chi connectivity index (χ2v) is 4.93. The second-order valence-electron chi connectivity index (χ2n) is 4.66. The van der Waals surface area contributed by atoms with Gasteiger partial charge in [-0.3, -0.25) is 9.36 Å². The van der Waals surface area contributed by atoms with Gasteiger partial charge in [0.25, 0.3) is 5.56 Å². The van der Waals surface area contributed by atoms with Gasteiger partial charge in [0.05, 0.1) is 49.3 Å². The maximum atomic E-state index is 12.5. The van der Waals surface area contributed by atoms with E-state index in [9.17, 15) is 4.79 Å². The summed E-state index contributed by atoms with van der Waals surface area (Å²) in [5.74, 6) is 0.748. The molecule has 0 amide bonds. The number of ether oxygens (including phenoxy) is 2. The van der Waals surface area contributed by atoms with Crippen LogP contribution < -0.4 is 5.56 Å². The Morgan fingerprint density at radius 1 is 1.35 bits per heavy atom. The first-order chi connectivity index (χ1) is 9.79. The zero-order valence-electron chi connectivity index (χ0n) is 10.9. The van der Waals surface area contributed by atoms with Crippen molar-refractivity contribution in [2.75, 3.05) is 19.8 Å². The number of fused-ring (bicyclic) bond motifs is 1. The number of benzene rings is 1. The lowest BCUT2D eigenvalue weighted by molar-refractivity contribution is -0.0941. The summed E-state index contributed by atoms with van der Waals surface area (Å²) in [6.07, 6.45) is -0.133. The first-order valence-electron chi connectivity index (χ1n) is 6.53. The molecule has 0 saturated carbocycles. The molecule has 1 aliphatic heterocycles. The predicted octanol–water partition coefficient (Wildman–Crippen LogP) is 1.55. The molecule has 106 valence electrons. The Kier molecular flexibility index (Phi) is 4.00. The quantitative estimate of drug-likeness (QED) is 0.806. The fraction of sp³-hybridized carbons (Fsp3) is 0.429. The van der Waals surface area contributed by atoms with Gasteiger partial charge in [-0.15, -0.1) is 11.6 Å². The number of para-hydroxylation sites is 1. The van der Waals surface area contributed by atoms with Crippen molar-refractivity contribution in [3.63, 3.8) is 0 Å². The fourth-order valence-corrected chi connectivity index (χ4v) is 2.55. The number of alkyl halides is 1. The number of aromatic nitrogens is 2. The highest BCUT2D eigenvalue weighted by molar-refractivity contribution is 6.16. The largest absolute Gasteiger partial charge is 0.376 e. The van der Waals surface area contributed by atoms with Crippen molar-refractivity contribution in [3.8, 4) is 0 Å². The summed E-state index contributed by atoms with van der Waals surface area (Å²) >= 11 is 5.93. The van der Waals surface area contributed by atoms with Gasteiger partial charge in [-0.05, 0) is 12.1 Å². The normalized spacial score (nSPS) is 19.4. The summed E-state index contributed by atoms with van der Waals surface area (Å²) < 4.78 is 12.5. The standard InChI is InChI=1S/C14H15ClN2O3/c15-7-13-16-12-4-2-1-3-11(12)14(18)17(13)8-10-9-19-5-6-20-10/h1-4,10H,5-9H2. The Hall–Kier alpha value is -1.43. The number of halogens is 1. The van der Waals surface area contributed by atoms with Crippen LogP contribution in [0.25, 0.3) is 10.9 Å². The SMILES string of the molecule is O=c1c2ccccc2nc(CCl)n1CC1COCCO1. The molecule has 20 heavy (non-hydrogen) atoms. The number of rotatable bonds is 3. The molecule has 1 aromatic carbocycles. The molecule has 1 aromatic heterocycles. The van der Waals surface area contributed by atoms with Crippen LogP contribution in [0, 0.1) is 0 Å². The van der Waals surface area contributed by atoms with E-state index < -0.39 is 0 Å². The van der Waals surface area contributed by atoms with Gasteiger partial charge >= 0.3 is 0 Å². The van der Waals surface area contributed by atoms with Crippen LogP contribution in [0.5, 0.6) is 0 Å². The van der Waals surface area contributed by atoms with Crippen LogP contribution in [0.1, 0.15) is 5.82 Å². The zero-order valence-corrected chi connectivity index (χ0v) is 11.7. The monoisotopic (exact) mass is 294 g/mol. The van der Waals surface area contributed by atoms with Crippen LogP contribution in [-0.2, 0) is 21.9 Å². The van der Waals surface area contributed by atoms with Crippen LogP contribution in [0.15, 0.2) is 29.1 Å². The molecule has 0 aliphatic carbocycles. The Bertz CT molecular complexity index is 665. The Morgan fingerprint density at radius 2 is 2.20 bits per heavy atom. The lowest BCUT2D eigenvalue weighted by Crippen LogP contribution is -2.37. The molecule has 1 saturated heterocycles. The van der Waals surface area contributed by atoms with Crippen LogP contribution in [0.3, 0.4) is 0 Å². The number of nitrogens with zero attached hydrogens (tertiary/aromatic N) is 2. The van der Waals surface area contributed by atoms with Crippen molar-refractivity contribution in [1.82, 2.24) is 9.55 Å². The minimum atomic E-state index is -0.133. The molecule has 0 bridgehead atoms. The molecule has 0 spiro atoms. The van der Waals surface area contributed by atoms with Gasteiger partial charge in [0.1, 0.15) is 5.82 Å². The Morgan fingerprint density at radius 3 is 2.95 bits per heavy atom. The molecule has 5 nitrogen and oxygen atoms in total. The summed E-state index contributed by atoms with van der Waals surface area (Å²) in [4.78, 5) is 17.0. The van der Waals surface area contributed by atoms with Gasteiger partial charge in [-0.2, -0.15) is 0 Å². The van der Waals surface area contributed by atoms with Crippen LogP contribution >= 0.6 is 11.6 Å². The van der Waals surface area contributed by atoms with E-state index in [1.54, 1.807) is 10.6 Å². The van der Waals surface area contributed by atoms with Gasteiger partial charge in [-0.25, -0.2) is 4.98 Å². The molecular weight excluding hydrogens is 280 g/mol. The molecule has 2 aromatic rings. The number of hydrogen-bond donors (Lipinski definition) is 0.